The summed E-state index contributed by atoms with van der Waals surface area (Å²) in [5.41, 5.74) is 0. The second-order valence-corrected chi connectivity index (χ2v) is 21.7. The molecule has 0 heteroatoms. The zero-order valence-electron chi connectivity index (χ0n) is 51.7. The molecule has 0 aromatic heterocycles. The van der Waals surface area contributed by atoms with Crippen LogP contribution in [0.1, 0.15) is 391 Å². The Labute approximate surface area is 442 Å². The van der Waals surface area contributed by atoms with E-state index in [2.05, 4.69) is 145 Å². The zero-order valence-corrected chi connectivity index (χ0v) is 51.7. The van der Waals surface area contributed by atoms with Crippen molar-refractivity contribution in [1.82, 2.24) is 0 Å². The van der Waals surface area contributed by atoms with E-state index in [1.807, 2.05) is 0 Å². The Balaban J connectivity index is -0.000000108. The summed E-state index contributed by atoms with van der Waals surface area (Å²) in [6.45, 7) is 48.1. The molecule has 1 aliphatic carbocycles. The predicted molar refractivity (Wildman–Crippen MR) is 330 cm³/mol. The first kappa shape index (κ1) is 84.8. The third-order valence-electron chi connectivity index (χ3n) is 15.4. The maximum absolute atomic E-state index is 2.39. The highest BCUT2D eigenvalue weighted by atomic mass is 14.3. The van der Waals surface area contributed by atoms with Crippen LogP contribution in [0.4, 0.5) is 0 Å². The van der Waals surface area contributed by atoms with Crippen molar-refractivity contribution in [3.63, 3.8) is 0 Å². The molecule has 0 N–H and O–H groups in total. The molecule has 0 bridgehead atoms. The average molecular weight is 970 g/mol. The summed E-state index contributed by atoms with van der Waals surface area (Å²) in [6, 6.07) is 0. The van der Waals surface area contributed by atoms with E-state index in [1.54, 1.807) is 0 Å². The SMILES string of the molecule is C.C.CCC.CCC.CCC(CC)CC(CC)CC(CC)CC.CCC1CC(CC)CC(CC)CC(CC)C1.CCCCC(CC)CCC.CCCCCCC.CCCCCCC(CC)CCC. The van der Waals surface area contributed by atoms with Crippen LogP contribution in [0.3, 0.4) is 0 Å². The summed E-state index contributed by atoms with van der Waals surface area (Å²) in [7, 11) is 0. The molecule has 0 nitrogen and oxygen atoms in total. The number of hydrogen-bond acceptors (Lipinski definition) is 0. The zero-order chi connectivity index (χ0) is 51.7. The molecule has 0 heterocycles. The first-order chi connectivity index (χ1) is 31.9. The van der Waals surface area contributed by atoms with E-state index in [0.717, 1.165) is 53.3 Å². The van der Waals surface area contributed by atoms with Crippen LogP contribution in [0.15, 0.2) is 0 Å². The summed E-state index contributed by atoms with van der Waals surface area (Å²) in [4.78, 5) is 0. The second-order valence-electron chi connectivity index (χ2n) is 21.7. The maximum atomic E-state index is 2.39. The minimum Gasteiger partial charge on any atom is -0.0776 e. The van der Waals surface area contributed by atoms with Crippen molar-refractivity contribution >= 4 is 0 Å². The lowest BCUT2D eigenvalue weighted by atomic mass is 9.72. The van der Waals surface area contributed by atoms with Gasteiger partial charge < -0.3 is 0 Å². The number of hydrogen-bond donors (Lipinski definition) is 0. The number of rotatable bonds is 31. The van der Waals surface area contributed by atoms with Crippen LogP contribution in [0.2, 0.25) is 0 Å². The molecule has 0 radical (unpaired) electrons. The molecule has 0 spiro atoms. The molecule has 0 aromatic rings. The molecule has 0 saturated heterocycles. The lowest BCUT2D eigenvalue weighted by Crippen LogP contribution is -2.21. The van der Waals surface area contributed by atoms with Crippen molar-refractivity contribution in [3.05, 3.63) is 0 Å². The monoisotopic (exact) mass is 969 g/mol. The lowest BCUT2D eigenvalue weighted by molar-refractivity contribution is 0.183. The largest absolute Gasteiger partial charge is 0.0776 e. The standard InChI is InChI=1S/C16H32.C15H32.C12H26.C10H22.C7H16.2C3H8.2CH4/c1-5-13-9-14(6-2)11-16(8-4)12-15(7-3)10-13;1-6-13(7-2)11-15(10-5)12-14(8-3)9-4;1-4-7-8-9-11-12(6-3)10-5-2;1-4-7-9-10(6-3)8-5-2;1-3-5-7-6-4-2;2*1-3-2;;/h13-16H,5-12H2,1-4H3;13-15H,6-12H2,1-5H3;12H,4-11H2,1-3H3;10H,4-9H2,1-3H3;3-7H2,1-2H3;2*3H2,1-2H3;2*1H4. The lowest BCUT2D eigenvalue weighted by Gasteiger charge is -2.33. The van der Waals surface area contributed by atoms with Crippen LogP contribution in [-0.4, -0.2) is 0 Å². The molecule has 1 rings (SSSR count). The van der Waals surface area contributed by atoms with E-state index in [-0.39, 0.29) is 14.9 Å². The summed E-state index contributed by atoms with van der Waals surface area (Å²) in [5, 5.41) is 0. The second kappa shape index (κ2) is 73.5. The highest BCUT2D eigenvalue weighted by molar-refractivity contribution is 4.77. The Morgan fingerprint density at radius 2 is 0.485 bits per heavy atom. The van der Waals surface area contributed by atoms with Crippen molar-refractivity contribution in [3.8, 4) is 0 Å². The smallest absolute Gasteiger partial charge is 0.0412 e. The summed E-state index contributed by atoms with van der Waals surface area (Å²) >= 11 is 0. The first-order valence-electron chi connectivity index (χ1n) is 31.9. The van der Waals surface area contributed by atoms with Crippen molar-refractivity contribution in [2.24, 2.45) is 53.3 Å². The molecule has 0 amide bonds. The Bertz CT molecular complexity index is 677. The predicted octanol–water partition coefficient (Wildman–Crippen LogP) is 27.2. The van der Waals surface area contributed by atoms with E-state index in [1.165, 1.54) is 231 Å². The van der Waals surface area contributed by atoms with Crippen molar-refractivity contribution in [2.75, 3.05) is 0 Å². The van der Waals surface area contributed by atoms with E-state index in [0.29, 0.717) is 0 Å². The fourth-order valence-corrected chi connectivity index (χ4v) is 10.2. The van der Waals surface area contributed by atoms with Crippen LogP contribution in [-0.2, 0) is 0 Å². The molecule has 2 atom stereocenters. The molecule has 1 aliphatic rings. The molecule has 1 saturated carbocycles. The van der Waals surface area contributed by atoms with Crippen LogP contribution in [0.5, 0.6) is 0 Å². The van der Waals surface area contributed by atoms with Gasteiger partial charge in [-0.3, -0.25) is 0 Å². The van der Waals surface area contributed by atoms with Gasteiger partial charge in [0, 0.05) is 0 Å². The first-order valence-corrected chi connectivity index (χ1v) is 31.9. The minimum absolute atomic E-state index is 0. The molecule has 1 fully saturated rings. The molecule has 0 aliphatic heterocycles. The van der Waals surface area contributed by atoms with Gasteiger partial charge in [0.1, 0.15) is 0 Å². The Kier molecular flexibility index (Phi) is 91.7. The Morgan fingerprint density at radius 1 is 0.250 bits per heavy atom. The fourth-order valence-electron chi connectivity index (χ4n) is 10.2. The topological polar surface area (TPSA) is 0 Å². The normalized spacial score (nSPS) is 17.1. The molecule has 0 aromatic carbocycles. The Hall–Kier alpha value is 0. The van der Waals surface area contributed by atoms with Gasteiger partial charge in [-0.2, -0.15) is 0 Å². The van der Waals surface area contributed by atoms with Crippen LogP contribution < -0.4 is 0 Å². The van der Waals surface area contributed by atoms with Crippen molar-refractivity contribution < 1.29 is 0 Å². The summed E-state index contributed by atoms with van der Waals surface area (Å²) in [6.07, 6.45) is 50.8. The van der Waals surface area contributed by atoms with Gasteiger partial charge in [0.2, 0.25) is 0 Å². The highest BCUT2D eigenvalue weighted by Crippen LogP contribution is 2.38. The van der Waals surface area contributed by atoms with E-state index in [9.17, 15) is 0 Å². The van der Waals surface area contributed by atoms with Crippen molar-refractivity contribution in [2.45, 2.75) is 391 Å². The molecular formula is C68H152. The Morgan fingerprint density at radius 3 is 0.691 bits per heavy atom. The van der Waals surface area contributed by atoms with Crippen molar-refractivity contribution in [1.29, 1.82) is 0 Å². The third-order valence-corrected chi connectivity index (χ3v) is 15.4. The van der Waals surface area contributed by atoms with Gasteiger partial charge in [-0.15, -0.1) is 0 Å². The summed E-state index contributed by atoms with van der Waals surface area (Å²) < 4.78 is 0. The molecule has 424 valence electrons. The quantitative estimate of drug-likeness (QED) is 0.0608. The van der Waals surface area contributed by atoms with Crippen LogP contribution >= 0.6 is 0 Å². The van der Waals surface area contributed by atoms with Gasteiger partial charge in [-0.25, -0.2) is 0 Å². The highest BCUT2D eigenvalue weighted by Gasteiger charge is 2.26. The minimum atomic E-state index is 0. The van der Waals surface area contributed by atoms with Gasteiger partial charge in [0.05, 0.1) is 0 Å². The third kappa shape index (κ3) is 64.0. The van der Waals surface area contributed by atoms with E-state index < -0.39 is 0 Å². The van der Waals surface area contributed by atoms with Crippen LogP contribution in [0.25, 0.3) is 0 Å². The van der Waals surface area contributed by atoms with Crippen LogP contribution in [0, 0.1) is 53.3 Å². The molecule has 2 unspecified atom stereocenters. The van der Waals surface area contributed by atoms with Gasteiger partial charge in [-0.05, 0) is 91.8 Å². The molecular weight excluding hydrogens is 817 g/mol. The number of unbranched alkanes of at least 4 members (excludes halogenated alkanes) is 8. The summed E-state index contributed by atoms with van der Waals surface area (Å²) in [5.74, 6) is 9.06. The van der Waals surface area contributed by atoms with Gasteiger partial charge in [0.15, 0.2) is 0 Å². The fraction of sp³-hybridized carbons (Fsp3) is 1.00. The average Bonchev–Trinajstić information content (AvgIpc) is 3.33. The van der Waals surface area contributed by atoms with Gasteiger partial charge >= 0.3 is 0 Å². The van der Waals surface area contributed by atoms with Gasteiger partial charge in [-0.1, -0.05) is 353 Å². The van der Waals surface area contributed by atoms with Gasteiger partial charge in [0.25, 0.3) is 0 Å². The van der Waals surface area contributed by atoms with E-state index >= 15 is 0 Å². The maximum Gasteiger partial charge on any atom is -0.0412 e. The molecule has 68 heavy (non-hydrogen) atoms. The van der Waals surface area contributed by atoms with E-state index in [4.69, 9.17) is 0 Å².